The van der Waals surface area contributed by atoms with E-state index in [0.29, 0.717) is 0 Å². The van der Waals surface area contributed by atoms with E-state index in [1.807, 2.05) is 6.08 Å². The Labute approximate surface area is 81.0 Å². The SMILES string of the molecule is CO/N=C/C=C(/C)CCC=C(C)C. The van der Waals surface area contributed by atoms with Crippen LogP contribution in [0.25, 0.3) is 0 Å². The van der Waals surface area contributed by atoms with Crippen molar-refractivity contribution in [3.05, 3.63) is 23.3 Å². The first-order chi connectivity index (χ1) is 6.16. The molecule has 0 spiro atoms. The second-order valence-corrected chi connectivity index (χ2v) is 3.27. The minimum atomic E-state index is 1.08. The highest BCUT2D eigenvalue weighted by Crippen LogP contribution is 2.05. The topological polar surface area (TPSA) is 21.6 Å². The molecule has 0 aliphatic rings. The van der Waals surface area contributed by atoms with Crippen molar-refractivity contribution in [3.8, 4) is 0 Å². The first-order valence-corrected chi connectivity index (χ1v) is 4.52. The fourth-order valence-electron chi connectivity index (χ4n) is 0.890. The molecule has 0 N–H and O–H groups in total. The molecule has 0 unspecified atom stereocenters. The molecule has 0 aromatic rings. The van der Waals surface area contributed by atoms with E-state index >= 15 is 0 Å². The molecule has 0 heterocycles. The van der Waals surface area contributed by atoms with Crippen LogP contribution in [-0.4, -0.2) is 13.3 Å². The molecule has 74 valence electrons. The molecule has 0 aliphatic carbocycles. The predicted octanol–water partition coefficient (Wildman–Crippen LogP) is 3.31. The van der Waals surface area contributed by atoms with Gasteiger partial charge in [0.2, 0.25) is 0 Å². The summed E-state index contributed by atoms with van der Waals surface area (Å²) >= 11 is 0. The standard InChI is InChI=1S/C11H19NO/c1-10(2)6-5-7-11(3)8-9-12-13-4/h6,8-9H,5,7H2,1-4H3/b11-8-,12-9+. The summed E-state index contributed by atoms with van der Waals surface area (Å²) in [7, 11) is 1.54. The summed E-state index contributed by atoms with van der Waals surface area (Å²) < 4.78 is 0. The normalized spacial score (nSPS) is 11.8. The van der Waals surface area contributed by atoms with Crippen LogP contribution in [0.4, 0.5) is 0 Å². The van der Waals surface area contributed by atoms with Crippen molar-refractivity contribution in [3.63, 3.8) is 0 Å². The van der Waals surface area contributed by atoms with Gasteiger partial charge in [-0.1, -0.05) is 22.4 Å². The number of hydrogen-bond donors (Lipinski definition) is 0. The Hall–Kier alpha value is -1.05. The quantitative estimate of drug-likeness (QED) is 0.362. The van der Waals surface area contributed by atoms with E-state index in [4.69, 9.17) is 0 Å². The van der Waals surface area contributed by atoms with Gasteiger partial charge in [-0.3, -0.25) is 0 Å². The van der Waals surface area contributed by atoms with Crippen LogP contribution in [0.2, 0.25) is 0 Å². The number of rotatable bonds is 5. The van der Waals surface area contributed by atoms with Gasteiger partial charge in [0, 0.05) is 0 Å². The summed E-state index contributed by atoms with van der Waals surface area (Å²) in [5, 5.41) is 3.64. The third-order valence-corrected chi connectivity index (χ3v) is 1.62. The van der Waals surface area contributed by atoms with Crippen molar-refractivity contribution >= 4 is 6.21 Å². The molecule has 0 rings (SSSR count). The summed E-state index contributed by atoms with van der Waals surface area (Å²) in [5.74, 6) is 0. The monoisotopic (exact) mass is 181 g/mol. The number of allylic oxidation sites excluding steroid dienone is 4. The van der Waals surface area contributed by atoms with Gasteiger partial charge in [0.25, 0.3) is 0 Å². The molecule has 2 nitrogen and oxygen atoms in total. The van der Waals surface area contributed by atoms with E-state index in [0.717, 1.165) is 12.8 Å². The summed E-state index contributed by atoms with van der Waals surface area (Å²) in [4.78, 5) is 4.55. The molecule has 0 fully saturated rings. The van der Waals surface area contributed by atoms with Crippen LogP contribution in [0.15, 0.2) is 28.5 Å². The Bertz CT molecular complexity index is 210. The zero-order chi connectivity index (χ0) is 10.1. The summed E-state index contributed by atoms with van der Waals surface area (Å²) in [5.41, 5.74) is 2.69. The highest BCUT2D eigenvalue weighted by atomic mass is 16.6. The summed E-state index contributed by atoms with van der Waals surface area (Å²) in [6, 6.07) is 0. The van der Waals surface area contributed by atoms with Crippen LogP contribution < -0.4 is 0 Å². The van der Waals surface area contributed by atoms with Gasteiger partial charge in [-0.05, 0) is 39.7 Å². The predicted molar refractivity (Wildman–Crippen MR) is 57.9 cm³/mol. The zero-order valence-corrected chi connectivity index (χ0v) is 9.00. The smallest absolute Gasteiger partial charge is 0.106 e. The molecule has 0 saturated heterocycles. The van der Waals surface area contributed by atoms with Gasteiger partial charge >= 0.3 is 0 Å². The molecule has 0 saturated carbocycles. The average Bonchev–Trinajstić information content (AvgIpc) is 2.04. The highest BCUT2D eigenvalue weighted by Gasteiger charge is 1.86. The lowest BCUT2D eigenvalue weighted by atomic mass is 10.1. The Balaban J connectivity index is 3.73. The molecule has 0 aliphatic heterocycles. The van der Waals surface area contributed by atoms with Crippen LogP contribution >= 0.6 is 0 Å². The van der Waals surface area contributed by atoms with E-state index in [1.165, 1.54) is 11.1 Å². The highest BCUT2D eigenvalue weighted by molar-refractivity contribution is 5.71. The Kier molecular flexibility index (Phi) is 6.98. The van der Waals surface area contributed by atoms with Crippen LogP contribution in [0.1, 0.15) is 33.6 Å². The maximum atomic E-state index is 4.55. The van der Waals surface area contributed by atoms with Gasteiger partial charge in [-0.15, -0.1) is 0 Å². The van der Waals surface area contributed by atoms with Gasteiger partial charge in [-0.2, -0.15) is 0 Å². The van der Waals surface area contributed by atoms with E-state index in [-0.39, 0.29) is 0 Å². The maximum absolute atomic E-state index is 4.55. The lowest BCUT2D eigenvalue weighted by Gasteiger charge is -1.95. The minimum Gasteiger partial charge on any atom is -0.399 e. The molecular weight excluding hydrogens is 162 g/mol. The Morgan fingerprint density at radius 3 is 2.54 bits per heavy atom. The van der Waals surface area contributed by atoms with Crippen molar-refractivity contribution in [2.45, 2.75) is 33.6 Å². The second-order valence-electron chi connectivity index (χ2n) is 3.27. The molecule has 13 heavy (non-hydrogen) atoms. The van der Waals surface area contributed by atoms with Gasteiger partial charge in [0.05, 0.1) is 6.21 Å². The van der Waals surface area contributed by atoms with E-state index in [1.54, 1.807) is 13.3 Å². The van der Waals surface area contributed by atoms with Gasteiger partial charge in [-0.25, -0.2) is 0 Å². The van der Waals surface area contributed by atoms with Crippen LogP contribution in [0.3, 0.4) is 0 Å². The van der Waals surface area contributed by atoms with Crippen molar-refractivity contribution in [2.24, 2.45) is 5.16 Å². The van der Waals surface area contributed by atoms with E-state index in [2.05, 4.69) is 36.8 Å². The van der Waals surface area contributed by atoms with Crippen LogP contribution in [0.5, 0.6) is 0 Å². The third-order valence-electron chi connectivity index (χ3n) is 1.62. The van der Waals surface area contributed by atoms with E-state index in [9.17, 15) is 0 Å². The minimum absolute atomic E-state index is 1.08. The van der Waals surface area contributed by atoms with Gasteiger partial charge in [0.15, 0.2) is 0 Å². The lowest BCUT2D eigenvalue weighted by molar-refractivity contribution is 0.215. The summed E-state index contributed by atoms with van der Waals surface area (Å²) in [6.45, 7) is 6.33. The molecule has 0 atom stereocenters. The molecular formula is C11H19NO. The number of hydrogen-bond acceptors (Lipinski definition) is 2. The molecule has 0 bridgehead atoms. The number of nitrogens with zero attached hydrogens (tertiary/aromatic N) is 1. The van der Waals surface area contributed by atoms with Crippen LogP contribution in [0, 0.1) is 0 Å². The van der Waals surface area contributed by atoms with Crippen molar-refractivity contribution in [1.29, 1.82) is 0 Å². The van der Waals surface area contributed by atoms with Crippen molar-refractivity contribution in [2.75, 3.05) is 7.11 Å². The fraction of sp³-hybridized carbons (Fsp3) is 0.545. The molecule has 2 heteroatoms. The second kappa shape index (κ2) is 7.59. The lowest BCUT2D eigenvalue weighted by Crippen LogP contribution is -1.78. The maximum Gasteiger partial charge on any atom is 0.106 e. The Morgan fingerprint density at radius 2 is 2.00 bits per heavy atom. The first-order valence-electron chi connectivity index (χ1n) is 4.52. The average molecular weight is 181 g/mol. The van der Waals surface area contributed by atoms with Gasteiger partial charge in [0.1, 0.15) is 7.11 Å². The largest absolute Gasteiger partial charge is 0.399 e. The molecule has 0 radical (unpaired) electrons. The third kappa shape index (κ3) is 8.86. The van der Waals surface area contributed by atoms with Crippen molar-refractivity contribution in [1.82, 2.24) is 0 Å². The molecule has 0 amide bonds. The fourth-order valence-corrected chi connectivity index (χ4v) is 0.890. The zero-order valence-electron chi connectivity index (χ0n) is 9.00. The van der Waals surface area contributed by atoms with Crippen LogP contribution in [-0.2, 0) is 4.84 Å². The molecule has 0 aromatic carbocycles. The number of oxime groups is 1. The summed E-state index contributed by atoms with van der Waals surface area (Å²) in [6.07, 6.45) is 8.08. The van der Waals surface area contributed by atoms with Crippen molar-refractivity contribution < 1.29 is 4.84 Å². The Morgan fingerprint density at radius 1 is 1.31 bits per heavy atom. The molecule has 0 aromatic heterocycles. The van der Waals surface area contributed by atoms with Gasteiger partial charge < -0.3 is 4.84 Å². The first kappa shape index (κ1) is 11.9. The van der Waals surface area contributed by atoms with E-state index < -0.39 is 0 Å².